The van der Waals surface area contributed by atoms with Crippen LogP contribution in [0.2, 0.25) is 0 Å². The predicted molar refractivity (Wildman–Crippen MR) is 185 cm³/mol. The highest BCUT2D eigenvalue weighted by atomic mass is 16.4. The Labute approximate surface area is 267 Å². The van der Waals surface area contributed by atoms with Crippen LogP contribution in [0.15, 0.2) is 60.7 Å². The SMILES string of the molecule is CCc1cc(C)cc(C)c1N.[C-]#[N+]c1ccc(C(=O)Nc2c(C)cc(C)cc2CC)cc1C.[C-]#[N+]c1ccc(C(=O)O)cc1C. The number of aryl methyl sites for hydroxylation is 8. The standard InChI is InChI=1S/C19H20N2O.C10H15N.C9H7NO2/c1-6-15-10-12(2)9-14(4)18(15)21-19(22)16-7-8-17(20-5)13(3)11-16;1-4-9-6-7(2)5-8(3)10(9)11;1-6-5-7(9(11)12)3-4-8(6)10-2/h7-11H,6H2,1-4H3,(H,21,22);5-6H,4,11H2,1-3H3;3-5H,1H3,(H,11,12). The smallest absolute Gasteiger partial charge is 0.335 e. The van der Waals surface area contributed by atoms with Gasteiger partial charge in [0.05, 0.1) is 18.7 Å². The highest BCUT2D eigenvalue weighted by Gasteiger charge is 2.12. The van der Waals surface area contributed by atoms with Gasteiger partial charge in [-0.3, -0.25) is 4.79 Å². The van der Waals surface area contributed by atoms with Crippen LogP contribution in [0, 0.1) is 54.7 Å². The second-order valence-electron chi connectivity index (χ2n) is 11.0. The maximum Gasteiger partial charge on any atom is 0.335 e. The van der Waals surface area contributed by atoms with E-state index in [-0.39, 0.29) is 11.5 Å². The lowest BCUT2D eigenvalue weighted by Gasteiger charge is -2.14. The first-order valence-corrected chi connectivity index (χ1v) is 14.7. The molecule has 0 bridgehead atoms. The zero-order chi connectivity index (χ0) is 33.8. The summed E-state index contributed by atoms with van der Waals surface area (Å²) < 4.78 is 0. The van der Waals surface area contributed by atoms with Gasteiger partial charge in [0.1, 0.15) is 0 Å². The van der Waals surface area contributed by atoms with Gasteiger partial charge in [-0.2, -0.15) is 0 Å². The highest BCUT2D eigenvalue weighted by molar-refractivity contribution is 6.05. The third-order valence-corrected chi connectivity index (χ3v) is 7.32. The Bertz CT molecular complexity index is 1790. The maximum absolute atomic E-state index is 12.5. The molecule has 0 unspecified atom stereocenters. The summed E-state index contributed by atoms with van der Waals surface area (Å²) >= 11 is 0. The van der Waals surface area contributed by atoms with Gasteiger partial charge in [0.2, 0.25) is 0 Å². The number of nitrogens with one attached hydrogen (secondary N) is 1. The van der Waals surface area contributed by atoms with E-state index < -0.39 is 5.97 Å². The van der Waals surface area contributed by atoms with Crippen molar-refractivity contribution < 1.29 is 14.7 Å². The Morgan fingerprint density at radius 2 is 1.16 bits per heavy atom. The number of hydrogen-bond acceptors (Lipinski definition) is 3. The van der Waals surface area contributed by atoms with Crippen LogP contribution in [0.3, 0.4) is 0 Å². The van der Waals surface area contributed by atoms with Crippen molar-refractivity contribution in [3.05, 3.63) is 139 Å². The quantitative estimate of drug-likeness (QED) is 0.156. The fourth-order valence-corrected chi connectivity index (χ4v) is 4.89. The lowest BCUT2D eigenvalue weighted by atomic mass is 10.0. The summed E-state index contributed by atoms with van der Waals surface area (Å²) in [5, 5.41) is 11.6. The van der Waals surface area contributed by atoms with Gasteiger partial charge in [-0.25, -0.2) is 14.5 Å². The molecule has 0 saturated heterocycles. The van der Waals surface area contributed by atoms with Crippen LogP contribution in [0.4, 0.5) is 22.7 Å². The fourth-order valence-electron chi connectivity index (χ4n) is 4.89. The van der Waals surface area contributed by atoms with Gasteiger partial charge in [-0.1, -0.05) is 85.6 Å². The minimum atomic E-state index is -0.963. The summed E-state index contributed by atoms with van der Waals surface area (Å²) in [6.45, 7) is 29.8. The van der Waals surface area contributed by atoms with Gasteiger partial charge in [-0.15, -0.1) is 0 Å². The third kappa shape index (κ3) is 9.81. The number of hydrogen-bond donors (Lipinski definition) is 3. The van der Waals surface area contributed by atoms with Crippen molar-refractivity contribution in [1.29, 1.82) is 0 Å². The molecule has 45 heavy (non-hydrogen) atoms. The van der Waals surface area contributed by atoms with Crippen molar-refractivity contribution >= 4 is 34.6 Å². The molecule has 4 aromatic rings. The molecular formula is C38H42N4O3. The Kier molecular flexibility index (Phi) is 13.1. The highest BCUT2D eigenvalue weighted by Crippen LogP contribution is 2.26. The first kappa shape index (κ1) is 35.8. The van der Waals surface area contributed by atoms with Crippen molar-refractivity contribution in [1.82, 2.24) is 0 Å². The first-order chi connectivity index (χ1) is 21.3. The predicted octanol–water partition coefficient (Wildman–Crippen LogP) is 9.67. The lowest BCUT2D eigenvalue weighted by Crippen LogP contribution is -2.14. The summed E-state index contributed by atoms with van der Waals surface area (Å²) in [7, 11) is 0. The molecule has 4 aromatic carbocycles. The van der Waals surface area contributed by atoms with Crippen molar-refractivity contribution in [2.45, 2.75) is 68.2 Å². The summed E-state index contributed by atoms with van der Waals surface area (Å²) in [5.41, 5.74) is 18.3. The Morgan fingerprint density at radius 3 is 1.62 bits per heavy atom. The van der Waals surface area contributed by atoms with Crippen molar-refractivity contribution in [3.63, 3.8) is 0 Å². The number of anilines is 2. The Hall–Kier alpha value is -5.40. The molecule has 232 valence electrons. The topological polar surface area (TPSA) is 101 Å². The number of carboxylic acid groups (broad SMARTS) is 1. The molecule has 0 aliphatic carbocycles. The Morgan fingerprint density at radius 1 is 0.689 bits per heavy atom. The number of carbonyl (C=O) groups excluding carboxylic acids is 1. The third-order valence-electron chi connectivity index (χ3n) is 7.32. The summed E-state index contributed by atoms with van der Waals surface area (Å²) in [6.07, 6.45) is 1.89. The fraction of sp³-hybridized carbons (Fsp3) is 0.263. The van der Waals surface area contributed by atoms with E-state index in [1.807, 2.05) is 13.8 Å². The molecule has 0 heterocycles. The van der Waals surface area contributed by atoms with E-state index in [4.69, 9.17) is 24.0 Å². The number of rotatable bonds is 5. The molecule has 0 saturated carbocycles. The van der Waals surface area contributed by atoms with Crippen LogP contribution in [-0.4, -0.2) is 17.0 Å². The van der Waals surface area contributed by atoms with E-state index in [0.29, 0.717) is 22.5 Å². The number of aromatic carboxylic acids is 1. The number of benzene rings is 4. The molecule has 4 rings (SSSR count). The monoisotopic (exact) mass is 602 g/mol. The van der Waals surface area contributed by atoms with Gasteiger partial charge in [0.25, 0.3) is 5.91 Å². The molecule has 0 fully saturated rings. The molecule has 7 heteroatoms. The van der Waals surface area contributed by atoms with E-state index in [0.717, 1.165) is 40.9 Å². The Balaban J connectivity index is 0.000000259. The number of amides is 1. The molecule has 0 aromatic heterocycles. The first-order valence-electron chi connectivity index (χ1n) is 14.7. The van der Waals surface area contributed by atoms with Crippen molar-refractivity contribution in [2.24, 2.45) is 0 Å². The molecule has 4 N–H and O–H groups in total. The summed E-state index contributed by atoms with van der Waals surface area (Å²) in [5.74, 6) is -1.10. The van der Waals surface area contributed by atoms with Crippen molar-refractivity contribution in [3.8, 4) is 0 Å². The lowest BCUT2D eigenvalue weighted by molar-refractivity contribution is 0.0696. The van der Waals surface area contributed by atoms with Crippen LogP contribution in [0.25, 0.3) is 9.69 Å². The normalized spacial score (nSPS) is 9.82. The average molecular weight is 603 g/mol. The van der Waals surface area contributed by atoms with Crippen LogP contribution in [0.5, 0.6) is 0 Å². The molecular weight excluding hydrogens is 560 g/mol. The van der Waals surface area contributed by atoms with E-state index in [1.165, 1.54) is 40.5 Å². The number of nitrogen functional groups attached to an aromatic ring is 1. The number of nitrogens with two attached hydrogens (primary N) is 1. The molecule has 7 nitrogen and oxygen atoms in total. The summed E-state index contributed by atoms with van der Waals surface area (Å²) in [4.78, 5) is 29.6. The van der Waals surface area contributed by atoms with Gasteiger partial charge >= 0.3 is 5.97 Å². The summed E-state index contributed by atoms with van der Waals surface area (Å²) in [6, 6.07) is 18.1. The van der Waals surface area contributed by atoms with Crippen LogP contribution < -0.4 is 11.1 Å². The average Bonchev–Trinajstić information content (AvgIpc) is 3.00. The van der Waals surface area contributed by atoms with E-state index in [9.17, 15) is 9.59 Å². The minimum Gasteiger partial charge on any atom is -0.478 e. The van der Waals surface area contributed by atoms with Crippen LogP contribution in [0.1, 0.15) is 79.1 Å². The zero-order valence-electron chi connectivity index (χ0n) is 27.4. The molecule has 1 amide bonds. The molecule has 0 spiro atoms. The second kappa shape index (κ2) is 16.4. The van der Waals surface area contributed by atoms with E-state index >= 15 is 0 Å². The van der Waals surface area contributed by atoms with E-state index in [2.05, 4.69) is 73.9 Å². The van der Waals surface area contributed by atoms with E-state index in [1.54, 1.807) is 25.1 Å². The largest absolute Gasteiger partial charge is 0.478 e. The molecule has 0 radical (unpaired) electrons. The number of carboxylic acids is 1. The van der Waals surface area contributed by atoms with Gasteiger partial charge in [0, 0.05) is 16.9 Å². The maximum atomic E-state index is 12.5. The van der Waals surface area contributed by atoms with Crippen LogP contribution in [-0.2, 0) is 12.8 Å². The molecule has 0 aliphatic rings. The minimum absolute atomic E-state index is 0.138. The van der Waals surface area contributed by atoms with Gasteiger partial charge in [0.15, 0.2) is 11.4 Å². The van der Waals surface area contributed by atoms with Crippen molar-refractivity contribution in [2.75, 3.05) is 11.1 Å². The van der Waals surface area contributed by atoms with Crippen LogP contribution >= 0.6 is 0 Å². The van der Waals surface area contributed by atoms with Gasteiger partial charge in [-0.05, 0) is 87.8 Å². The molecule has 0 aliphatic heterocycles. The number of nitrogens with zero attached hydrogens (tertiary/aromatic N) is 2. The zero-order valence-corrected chi connectivity index (χ0v) is 27.4. The van der Waals surface area contributed by atoms with Gasteiger partial charge < -0.3 is 16.2 Å². The second-order valence-corrected chi connectivity index (χ2v) is 11.0. The number of carbonyl (C=O) groups is 2. The molecule has 0 atom stereocenters.